The van der Waals surface area contributed by atoms with Crippen LogP contribution in [-0.4, -0.2) is 40.7 Å². The van der Waals surface area contributed by atoms with Gasteiger partial charge in [0.2, 0.25) is 5.95 Å². The predicted octanol–water partition coefficient (Wildman–Crippen LogP) is 5.17. The van der Waals surface area contributed by atoms with Crippen LogP contribution in [0.15, 0.2) is 73.1 Å². The number of carbonyl (C=O) groups excluding carboxylic acids is 1. The van der Waals surface area contributed by atoms with E-state index in [0.29, 0.717) is 53.6 Å². The molecule has 36 heavy (non-hydrogen) atoms. The largest absolute Gasteiger partial charge is 0.465 e. The van der Waals surface area contributed by atoms with E-state index in [9.17, 15) is 4.79 Å². The van der Waals surface area contributed by atoms with Crippen molar-refractivity contribution in [3.05, 3.63) is 99.8 Å². The Morgan fingerprint density at radius 3 is 2.56 bits per heavy atom. The van der Waals surface area contributed by atoms with E-state index in [2.05, 4.69) is 25.9 Å². The monoisotopic (exact) mass is 524 g/mol. The fourth-order valence-corrected chi connectivity index (χ4v) is 3.97. The Morgan fingerprint density at radius 1 is 0.944 bits per heavy atom. The van der Waals surface area contributed by atoms with Gasteiger partial charge in [0.25, 0.3) is 0 Å². The van der Waals surface area contributed by atoms with Crippen LogP contribution < -0.4 is 16.0 Å². The van der Waals surface area contributed by atoms with E-state index in [1.807, 2.05) is 59.4 Å². The van der Waals surface area contributed by atoms with E-state index in [-0.39, 0.29) is 5.97 Å². The van der Waals surface area contributed by atoms with Crippen LogP contribution in [0.5, 0.6) is 0 Å². The quantitative estimate of drug-likeness (QED) is 0.184. The van der Waals surface area contributed by atoms with Crippen molar-refractivity contribution in [1.82, 2.24) is 19.9 Å². The van der Waals surface area contributed by atoms with Crippen molar-refractivity contribution in [3.8, 4) is 5.82 Å². The Morgan fingerprint density at radius 2 is 1.78 bits per heavy atom. The van der Waals surface area contributed by atoms with Gasteiger partial charge < -0.3 is 25.3 Å². The molecule has 0 aliphatic rings. The summed E-state index contributed by atoms with van der Waals surface area (Å²) in [5.74, 6) is 1.50. The highest BCUT2D eigenvalue weighted by Crippen LogP contribution is 2.20. The van der Waals surface area contributed by atoms with Crippen molar-refractivity contribution in [3.63, 3.8) is 0 Å². The topological polar surface area (TPSA) is 93.1 Å². The average molecular weight is 525 g/mol. The summed E-state index contributed by atoms with van der Waals surface area (Å²) in [6.45, 7) is 2.43. The van der Waals surface area contributed by atoms with Crippen molar-refractivity contribution < 1.29 is 9.53 Å². The summed E-state index contributed by atoms with van der Waals surface area (Å²) in [6, 6.07) is 18.5. The molecule has 0 saturated carbocycles. The second kappa shape index (κ2) is 12.4. The summed E-state index contributed by atoms with van der Waals surface area (Å²) in [5.41, 5.74) is 2.39. The number of halogens is 2. The van der Waals surface area contributed by atoms with Gasteiger partial charge in [-0.1, -0.05) is 41.4 Å². The minimum atomic E-state index is -0.374. The number of anilines is 2. The normalized spacial score (nSPS) is 10.8. The molecule has 4 rings (SSSR count). The van der Waals surface area contributed by atoms with E-state index >= 15 is 0 Å². The zero-order valence-corrected chi connectivity index (χ0v) is 21.2. The van der Waals surface area contributed by atoms with Crippen molar-refractivity contribution in [1.29, 1.82) is 0 Å². The Hall–Kier alpha value is -3.59. The molecule has 8 nitrogen and oxygen atoms in total. The highest BCUT2D eigenvalue weighted by molar-refractivity contribution is 6.35. The zero-order chi connectivity index (χ0) is 25.3. The first-order valence-corrected chi connectivity index (χ1v) is 12.1. The summed E-state index contributed by atoms with van der Waals surface area (Å²) < 4.78 is 6.72. The van der Waals surface area contributed by atoms with Gasteiger partial charge in [-0.15, -0.1) is 0 Å². The number of carbonyl (C=O) groups is 1. The molecule has 0 saturated heterocycles. The molecular weight excluding hydrogens is 499 g/mol. The molecule has 0 aliphatic heterocycles. The number of nitrogens with zero attached hydrogens (tertiary/aromatic N) is 3. The van der Waals surface area contributed by atoms with Crippen LogP contribution in [0, 0.1) is 0 Å². The first kappa shape index (κ1) is 25.5. The van der Waals surface area contributed by atoms with Crippen LogP contribution in [0.3, 0.4) is 0 Å². The van der Waals surface area contributed by atoms with Crippen LogP contribution in [-0.2, 0) is 17.8 Å². The second-order valence-corrected chi connectivity index (χ2v) is 8.75. The first-order chi connectivity index (χ1) is 17.5. The van der Waals surface area contributed by atoms with Crippen LogP contribution in [0.1, 0.15) is 21.5 Å². The van der Waals surface area contributed by atoms with Gasteiger partial charge >= 0.3 is 5.97 Å². The number of hydrogen-bond acceptors (Lipinski definition) is 7. The standard InChI is InChI=1S/C26H26Cl2N6O2/c1-36-25(35)19-6-4-5-18(13-19)16-31-26-32-23(15-24(33-26)34-11-2-3-12-34)30-10-9-29-17-20-7-8-21(27)14-22(20)28/h2-8,11-15,29H,9-10,16-17H2,1H3,(H2,30,31,32,33). The minimum absolute atomic E-state index is 0.374. The van der Waals surface area contributed by atoms with Crippen LogP contribution in [0.25, 0.3) is 5.82 Å². The molecule has 10 heteroatoms. The molecule has 186 valence electrons. The number of methoxy groups -OCH3 is 1. The lowest BCUT2D eigenvalue weighted by molar-refractivity contribution is 0.0600. The van der Waals surface area contributed by atoms with Gasteiger partial charge in [-0.2, -0.15) is 9.97 Å². The van der Waals surface area contributed by atoms with E-state index in [1.54, 1.807) is 18.2 Å². The fraction of sp³-hybridized carbons (Fsp3) is 0.192. The van der Waals surface area contributed by atoms with E-state index < -0.39 is 0 Å². The molecule has 2 aromatic heterocycles. The average Bonchev–Trinajstić information content (AvgIpc) is 3.43. The van der Waals surface area contributed by atoms with Gasteiger partial charge in [0, 0.05) is 54.7 Å². The summed E-state index contributed by atoms with van der Waals surface area (Å²) in [5, 5.41) is 11.2. The minimum Gasteiger partial charge on any atom is -0.465 e. The van der Waals surface area contributed by atoms with Crippen molar-refractivity contribution in [2.75, 3.05) is 30.8 Å². The van der Waals surface area contributed by atoms with Gasteiger partial charge in [-0.05, 0) is 47.5 Å². The van der Waals surface area contributed by atoms with Crippen LogP contribution in [0.4, 0.5) is 11.8 Å². The molecule has 0 aliphatic carbocycles. The number of nitrogens with one attached hydrogen (secondary N) is 3. The highest BCUT2D eigenvalue weighted by Gasteiger charge is 2.09. The molecule has 2 aromatic carbocycles. The maximum atomic E-state index is 11.8. The summed E-state index contributed by atoms with van der Waals surface area (Å²) in [7, 11) is 1.37. The zero-order valence-electron chi connectivity index (χ0n) is 19.7. The second-order valence-electron chi connectivity index (χ2n) is 7.91. The Kier molecular flexibility index (Phi) is 8.78. The number of benzene rings is 2. The molecule has 0 fully saturated rings. The van der Waals surface area contributed by atoms with Gasteiger partial charge in [-0.3, -0.25) is 0 Å². The number of ether oxygens (including phenoxy) is 1. The Labute approximate surface area is 219 Å². The summed E-state index contributed by atoms with van der Waals surface area (Å²) in [6.07, 6.45) is 3.85. The van der Waals surface area contributed by atoms with Gasteiger partial charge in [-0.25, -0.2) is 4.79 Å². The van der Waals surface area contributed by atoms with Crippen LogP contribution >= 0.6 is 23.2 Å². The van der Waals surface area contributed by atoms with E-state index in [0.717, 1.165) is 16.9 Å². The molecule has 0 radical (unpaired) electrons. The SMILES string of the molecule is COC(=O)c1cccc(CNc2nc(NCCNCc3ccc(Cl)cc3Cl)cc(-n3cccc3)n2)c1. The molecule has 0 spiro atoms. The van der Waals surface area contributed by atoms with Gasteiger partial charge in [0.15, 0.2) is 0 Å². The number of aromatic nitrogens is 3. The lowest BCUT2D eigenvalue weighted by Crippen LogP contribution is -2.22. The molecular formula is C26H26Cl2N6O2. The van der Waals surface area contributed by atoms with E-state index in [4.69, 9.17) is 27.9 Å². The van der Waals surface area contributed by atoms with Crippen molar-refractivity contribution >= 4 is 40.9 Å². The Balaban J connectivity index is 1.39. The molecule has 2 heterocycles. The molecule has 0 amide bonds. The maximum absolute atomic E-state index is 11.8. The van der Waals surface area contributed by atoms with E-state index in [1.165, 1.54) is 7.11 Å². The smallest absolute Gasteiger partial charge is 0.337 e. The molecule has 0 bridgehead atoms. The van der Waals surface area contributed by atoms with Crippen molar-refractivity contribution in [2.24, 2.45) is 0 Å². The number of hydrogen-bond donors (Lipinski definition) is 3. The van der Waals surface area contributed by atoms with Crippen LogP contribution in [0.2, 0.25) is 10.0 Å². The maximum Gasteiger partial charge on any atom is 0.337 e. The fourth-order valence-electron chi connectivity index (χ4n) is 3.50. The molecule has 3 N–H and O–H groups in total. The van der Waals surface area contributed by atoms with Gasteiger partial charge in [0.05, 0.1) is 12.7 Å². The molecule has 0 atom stereocenters. The lowest BCUT2D eigenvalue weighted by Gasteiger charge is -2.13. The summed E-state index contributed by atoms with van der Waals surface area (Å²) >= 11 is 12.2. The third-order valence-electron chi connectivity index (χ3n) is 5.32. The Bertz CT molecular complexity index is 1310. The summed E-state index contributed by atoms with van der Waals surface area (Å²) in [4.78, 5) is 21.1. The number of rotatable bonds is 11. The predicted molar refractivity (Wildman–Crippen MR) is 143 cm³/mol. The third-order valence-corrected chi connectivity index (χ3v) is 5.91. The highest BCUT2D eigenvalue weighted by atomic mass is 35.5. The third kappa shape index (κ3) is 6.97. The van der Waals surface area contributed by atoms with Gasteiger partial charge in [0.1, 0.15) is 11.6 Å². The molecule has 4 aromatic rings. The lowest BCUT2D eigenvalue weighted by atomic mass is 10.1. The van der Waals surface area contributed by atoms with Crippen molar-refractivity contribution in [2.45, 2.75) is 13.1 Å². The number of esters is 1. The molecule has 0 unspecified atom stereocenters. The first-order valence-electron chi connectivity index (χ1n) is 11.3.